The highest BCUT2D eigenvalue weighted by atomic mass is 32.1. The molecule has 0 bridgehead atoms. The summed E-state index contributed by atoms with van der Waals surface area (Å²) in [5, 5.41) is 7.72. The minimum atomic E-state index is 1.18. The van der Waals surface area contributed by atoms with Gasteiger partial charge in [-0.05, 0) is 89.0 Å². The Morgan fingerprint density at radius 2 is 0.686 bits per heavy atom. The Balaban J connectivity index is 1.02. The Bertz CT molecular complexity index is 3130. The van der Waals surface area contributed by atoms with Gasteiger partial charge < -0.3 is 9.13 Å². The average molecular weight is 667 g/mol. The Labute approximate surface area is 298 Å². The summed E-state index contributed by atoms with van der Waals surface area (Å²) < 4.78 is 7.39. The van der Waals surface area contributed by atoms with Crippen molar-refractivity contribution in [1.82, 2.24) is 9.13 Å². The first-order valence-electron chi connectivity index (χ1n) is 17.4. The van der Waals surface area contributed by atoms with E-state index in [0.717, 1.165) is 0 Å². The van der Waals surface area contributed by atoms with Crippen molar-refractivity contribution in [1.29, 1.82) is 0 Å². The van der Waals surface area contributed by atoms with E-state index in [0.29, 0.717) is 0 Å². The normalized spacial score (nSPS) is 11.9. The monoisotopic (exact) mass is 666 g/mol. The third-order valence-corrected chi connectivity index (χ3v) is 11.6. The number of hydrogen-bond donors (Lipinski definition) is 0. The number of hydrogen-bond acceptors (Lipinski definition) is 1. The summed E-state index contributed by atoms with van der Waals surface area (Å²) in [6.07, 6.45) is 0. The summed E-state index contributed by atoms with van der Waals surface area (Å²) in [6.45, 7) is 0. The van der Waals surface area contributed by atoms with E-state index in [1.165, 1.54) is 97.4 Å². The molecular weight excluding hydrogens is 637 g/mol. The Hall–Kier alpha value is -6.42. The zero-order chi connectivity index (χ0) is 33.5. The standard InChI is InChI=1S/C48H30N2S/c1-3-11-35(12-4-1)49-44-18-10-8-16-38(44)42-27-31(22-26-45(42)49)33-20-24-40-41-25-21-34(30-48(41)51-47(40)29-33)32-19-23-39-37-15-7-9-17-43(37)50(46(39)28-32)36-13-5-2-6-14-36/h1-30H. The lowest BCUT2D eigenvalue weighted by Crippen LogP contribution is -1.93. The topological polar surface area (TPSA) is 9.86 Å². The van der Waals surface area contributed by atoms with Crippen LogP contribution in [0.1, 0.15) is 0 Å². The van der Waals surface area contributed by atoms with Gasteiger partial charge in [0.25, 0.3) is 0 Å². The molecule has 0 saturated carbocycles. The van der Waals surface area contributed by atoms with Crippen molar-refractivity contribution < 1.29 is 0 Å². The van der Waals surface area contributed by atoms with Crippen LogP contribution in [0.25, 0.3) is 97.4 Å². The van der Waals surface area contributed by atoms with Crippen LogP contribution in [-0.2, 0) is 0 Å². The van der Waals surface area contributed by atoms with Gasteiger partial charge in [0.15, 0.2) is 0 Å². The minimum Gasteiger partial charge on any atom is -0.309 e. The number of rotatable bonds is 4. The van der Waals surface area contributed by atoms with Crippen LogP contribution in [0.15, 0.2) is 182 Å². The fourth-order valence-electron chi connectivity index (χ4n) is 8.15. The highest BCUT2D eigenvalue weighted by Gasteiger charge is 2.16. The van der Waals surface area contributed by atoms with Gasteiger partial charge in [0.2, 0.25) is 0 Å². The molecule has 51 heavy (non-hydrogen) atoms. The van der Waals surface area contributed by atoms with Crippen LogP contribution in [0.4, 0.5) is 0 Å². The van der Waals surface area contributed by atoms with Gasteiger partial charge in [0.1, 0.15) is 0 Å². The van der Waals surface area contributed by atoms with Crippen molar-refractivity contribution in [2.24, 2.45) is 0 Å². The SMILES string of the molecule is c1ccc(-n2c3ccccc3c3cc(-c4ccc5c(c4)sc4cc(-c6ccc7c8ccccc8n(-c8ccccc8)c7c6)ccc45)ccc32)cc1. The molecule has 3 heterocycles. The van der Waals surface area contributed by atoms with E-state index < -0.39 is 0 Å². The number of nitrogens with zero attached hydrogens (tertiary/aromatic N) is 2. The predicted octanol–water partition coefficient (Wildman–Crippen LogP) is 13.6. The molecule has 0 atom stereocenters. The number of thiophene rings is 1. The third kappa shape index (κ3) is 4.35. The summed E-state index contributed by atoms with van der Waals surface area (Å²) in [6, 6.07) is 66.6. The second-order valence-electron chi connectivity index (χ2n) is 13.4. The molecule has 11 aromatic rings. The van der Waals surface area contributed by atoms with E-state index in [1.54, 1.807) is 0 Å². The van der Waals surface area contributed by atoms with Crippen LogP contribution in [0.2, 0.25) is 0 Å². The summed E-state index contributed by atoms with van der Waals surface area (Å²) in [5.74, 6) is 0. The minimum absolute atomic E-state index is 1.18. The molecule has 0 fully saturated rings. The molecule has 0 amide bonds. The molecule has 0 aliphatic rings. The van der Waals surface area contributed by atoms with Gasteiger partial charge in [-0.25, -0.2) is 0 Å². The first kappa shape index (κ1) is 28.4. The lowest BCUT2D eigenvalue weighted by atomic mass is 10.00. The number of aromatic nitrogens is 2. The van der Waals surface area contributed by atoms with E-state index in [1.807, 2.05) is 11.3 Å². The average Bonchev–Trinajstić information content (AvgIpc) is 3.85. The van der Waals surface area contributed by atoms with Crippen LogP contribution in [0.3, 0.4) is 0 Å². The first-order chi connectivity index (χ1) is 25.3. The molecular formula is C48H30N2S. The highest BCUT2D eigenvalue weighted by molar-refractivity contribution is 7.25. The Morgan fingerprint density at radius 3 is 1.29 bits per heavy atom. The van der Waals surface area contributed by atoms with E-state index in [9.17, 15) is 0 Å². The zero-order valence-corrected chi connectivity index (χ0v) is 28.4. The molecule has 2 nitrogen and oxygen atoms in total. The van der Waals surface area contributed by atoms with Crippen LogP contribution in [-0.4, -0.2) is 9.13 Å². The largest absolute Gasteiger partial charge is 0.309 e. The van der Waals surface area contributed by atoms with Crippen molar-refractivity contribution in [2.75, 3.05) is 0 Å². The lowest BCUT2D eigenvalue weighted by Gasteiger charge is -2.09. The van der Waals surface area contributed by atoms with Gasteiger partial charge in [0.05, 0.1) is 22.1 Å². The van der Waals surface area contributed by atoms with E-state index in [2.05, 4.69) is 191 Å². The van der Waals surface area contributed by atoms with E-state index in [4.69, 9.17) is 0 Å². The van der Waals surface area contributed by atoms with Gasteiger partial charge in [-0.15, -0.1) is 11.3 Å². The maximum absolute atomic E-state index is 2.39. The smallest absolute Gasteiger partial charge is 0.0547 e. The van der Waals surface area contributed by atoms with E-state index in [-0.39, 0.29) is 0 Å². The highest BCUT2D eigenvalue weighted by Crippen LogP contribution is 2.41. The van der Waals surface area contributed by atoms with Crippen LogP contribution >= 0.6 is 11.3 Å². The van der Waals surface area contributed by atoms with Crippen molar-refractivity contribution >= 4 is 75.1 Å². The summed E-state index contributed by atoms with van der Waals surface area (Å²) in [4.78, 5) is 0. The molecule has 0 radical (unpaired) electrons. The molecule has 0 N–H and O–H groups in total. The van der Waals surface area contributed by atoms with Gasteiger partial charge >= 0.3 is 0 Å². The zero-order valence-electron chi connectivity index (χ0n) is 27.6. The second kappa shape index (κ2) is 11.0. The maximum Gasteiger partial charge on any atom is 0.0547 e. The van der Waals surface area contributed by atoms with Gasteiger partial charge in [-0.2, -0.15) is 0 Å². The molecule has 0 aliphatic carbocycles. The van der Waals surface area contributed by atoms with Crippen molar-refractivity contribution in [2.45, 2.75) is 0 Å². The molecule has 0 saturated heterocycles. The van der Waals surface area contributed by atoms with E-state index >= 15 is 0 Å². The summed E-state index contributed by atoms with van der Waals surface area (Å²) in [5.41, 5.74) is 12.2. The third-order valence-electron chi connectivity index (χ3n) is 10.5. The molecule has 0 aliphatic heterocycles. The van der Waals surface area contributed by atoms with Gasteiger partial charge in [0, 0.05) is 53.1 Å². The van der Waals surface area contributed by atoms with Crippen LogP contribution < -0.4 is 0 Å². The maximum atomic E-state index is 2.39. The van der Waals surface area contributed by atoms with Crippen molar-refractivity contribution in [3.8, 4) is 33.6 Å². The quantitative estimate of drug-likeness (QED) is 0.177. The number of para-hydroxylation sites is 4. The molecule has 0 spiro atoms. The first-order valence-corrected chi connectivity index (χ1v) is 18.2. The Morgan fingerprint density at radius 1 is 0.275 bits per heavy atom. The van der Waals surface area contributed by atoms with Crippen LogP contribution in [0.5, 0.6) is 0 Å². The number of benzene rings is 8. The van der Waals surface area contributed by atoms with Crippen molar-refractivity contribution in [3.05, 3.63) is 182 Å². The molecule has 11 rings (SSSR count). The predicted molar refractivity (Wildman–Crippen MR) is 219 cm³/mol. The molecule has 8 aromatic carbocycles. The van der Waals surface area contributed by atoms with Gasteiger partial charge in [-0.1, -0.05) is 115 Å². The second-order valence-corrected chi connectivity index (χ2v) is 14.4. The number of fused-ring (bicyclic) bond motifs is 9. The van der Waals surface area contributed by atoms with Crippen molar-refractivity contribution in [3.63, 3.8) is 0 Å². The fourth-order valence-corrected chi connectivity index (χ4v) is 9.33. The lowest BCUT2D eigenvalue weighted by molar-refractivity contribution is 1.18. The molecule has 3 aromatic heterocycles. The Kier molecular flexibility index (Phi) is 6.16. The molecule has 0 unspecified atom stereocenters. The summed E-state index contributed by atoms with van der Waals surface area (Å²) >= 11 is 1.89. The van der Waals surface area contributed by atoms with Gasteiger partial charge in [-0.3, -0.25) is 0 Å². The molecule has 3 heteroatoms. The fraction of sp³-hybridized carbons (Fsp3) is 0. The van der Waals surface area contributed by atoms with Crippen LogP contribution in [0, 0.1) is 0 Å². The summed E-state index contributed by atoms with van der Waals surface area (Å²) in [7, 11) is 0. The molecule has 238 valence electrons.